The summed E-state index contributed by atoms with van der Waals surface area (Å²) in [7, 11) is 0. The van der Waals surface area contributed by atoms with Crippen LogP contribution in [0.15, 0.2) is 24.3 Å². The number of hydrogen-bond acceptors (Lipinski definition) is 6. The molecule has 2 rings (SSSR count). The van der Waals surface area contributed by atoms with Crippen LogP contribution in [0.25, 0.3) is 0 Å². The summed E-state index contributed by atoms with van der Waals surface area (Å²) in [5.41, 5.74) is 16.0. The number of phenols is 1. The third kappa shape index (κ3) is 11.3. The summed E-state index contributed by atoms with van der Waals surface area (Å²) < 4.78 is 0. The summed E-state index contributed by atoms with van der Waals surface area (Å²) in [5.74, 6) is -0.872. The van der Waals surface area contributed by atoms with Crippen LogP contribution in [-0.4, -0.2) is 41.1 Å². The van der Waals surface area contributed by atoms with E-state index in [1.807, 2.05) is 0 Å². The van der Waals surface area contributed by atoms with Crippen LogP contribution >= 0.6 is 0 Å². The molecule has 130 valence electrons. The van der Waals surface area contributed by atoms with E-state index in [1.54, 1.807) is 12.1 Å². The van der Waals surface area contributed by atoms with Crippen molar-refractivity contribution in [2.45, 2.75) is 44.2 Å². The molecule has 1 fully saturated rings. The number of aromatic hydroxyl groups is 1. The van der Waals surface area contributed by atoms with Crippen molar-refractivity contribution >= 4 is 12.3 Å². The molecule has 1 aromatic rings. The second kappa shape index (κ2) is 12.6. The molecule has 7 heteroatoms. The molecule has 1 atom stereocenters. The number of benzene rings is 1. The summed E-state index contributed by atoms with van der Waals surface area (Å²) in [6, 6.07) is 5.70. The fourth-order valence-electron chi connectivity index (χ4n) is 1.79. The van der Waals surface area contributed by atoms with Gasteiger partial charge in [0.15, 0.2) is 0 Å². The first-order chi connectivity index (χ1) is 10.9. The van der Waals surface area contributed by atoms with Crippen molar-refractivity contribution < 1.29 is 19.8 Å². The SMILES string of the molecule is NC1CCCCC1.NC[C@H](N)C(=O)O.O=Cc1ccc(O)cc1. The Balaban J connectivity index is 0.000000320. The van der Waals surface area contributed by atoms with E-state index in [0.29, 0.717) is 11.6 Å². The van der Waals surface area contributed by atoms with Gasteiger partial charge in [-0.05, 0) is 37.1 Å². The number of nitrogens with two attached hydrogens (primary N) is 3. The number of carbonyl (C=O) groups is 2. The second-order valence-corrected chi connectivity index (χ2v) is 5.29. The molecular formula is C16H27N3O4. The molecule has 23 heavy (non-hydrogen) atoms. The van der Waals surface area contributed by atoms with Crippen molar-refractivity contribution in [3.63, 3.8) is 0 Å². The maximum Gasteiger partial charge on any atom is 0.321 e. The smallest absolute Gasteiger partial charge is 0.321 e. The number of rotatable bonds is 3. The van der Waals surface area contributed by atoms with Gasteiger partial charge in [-0.1, -0.05) is 19.3 Å². The van der Waals surface area contributed by atoms with Gasteiger partial charge in [0.25, 0.3) is 0 Å². The van der Waals surface area contributed by atoms with Crippen LogP contribution < -0.4 is 17.2 Å². The summed E-state index contributed by atoms with van der Waals surface area (Å²) in [6.45, 7) is -0.00463. The molecule has 0 bridgehead atoms. The van der Waals surface area contributed by atoms with E-state index in [2.05, 4.69) is 0 Å². The molecule has 0 spiro atoms. The van der Waals surface area contributed by atoms with E-state index in [9.17, 15) is 9.59 Å². The van der Waals surface area contributed by atoms with Gasteiger partial charge in [0.1, 0.15) is 18.1 Å². The summed E-state index contributed by atoms with van der Waals surface area (Å²) in [6.07, 6.45) is 7.40. The first-order valence-electron chi connectivity index (χ1n) is 7.59. The van der Waals surface area contributed by atoms with E-state index in [0.717, 1.165) is 6.29 Å². The Morgan fingerprint density at radius 3 is 2.00 bits per heavy atom. The van der Waals surface area contributed by atoms with E-state index < -0.39 is 12.0 Å². The molecule has 0 saturated heterocycles. The molecule has 0 radical (unpaired) electrons. The van der Waals surface area contributed by atoms with Gasteiger partial charge < -0.3 is 27.4 Å². The number of phenolic OH excluding ortho intramolecular Hbond substituents is 1. The zero-order valence-corrected chi connectivity index (χ0v) is 13.2. The van der Waals surface area contributed by atoms with Crippen molar-refractivity contribution in [3.05, 3.63) is 29.8 Å². The number of hydrogen-bond donors (Lipinski definition) is 5. The van der Waals surface area contributed by atoms with E-state index >= 15 is 0 Å². The average Bonchev–Trinajstić information content (AvgIpc) is 2.56. The molecule has 7 nitrogen and oxygen atoms in total. The molecule has 0 unspecified atom stereocenters. The minimum atomic E-state index is -1.05. The lowest BCUT2D eigenvalue weighted by molar-refractivity contribution is -0.138. The standard InChI is InChI=1S/C7H6O2.C6H13N.C3H8N2O2/c8-5-6-1-3-7(9)4-2-6;7-6-4-2-1-3-5-6;4-1-2(5)3(6)7/h1-5,9H;6H,1-5,7H2;2H,1,4-5H2,(H,6,7)/t;;2-/m..0/s1. The summed E-state index contributed by atoms with van der Waals surface area (Å²) >= 11 is 0. The van der Waals surface area contributed by atoms with Crippen molar-refractivity contribution in [1.82, 2.24) is 0 Å². The predicted octanol–water partition coefficient (Wildman–Crippen LogP) is 0.840. The fraction of sp³-hybridized carbons (Fsp3) is 0.500. The lowest BCUT2D eigenvalue weighted by Gasteiger charge is -2.15. The Kier molecular flexibility index (Phi) is 11.5. The lowest BCUT2D eigenvalue weighted by atomic mass is 9.97. The van der Waals surface area contributed by atoms with Crippen molar-refractivity contribution in [1.29, 1.82) is 0 Å². The van der Waals surface area contributed by atoms with Crippen LogP contribution in [0, 0.1) is 0 Å². The Morgan fingerprint density at radius 1 is 1.22 bits per heavy atom. The Morgan fingerprint density at radius 2 is 1.74 bits per heavy atom. The zero-order chi connectivity index (χ0) is 17.7. The van der Waals surface area contributed by atoms with Crippen molar-refractivity contribution in [2.24, 2.45) is 17.2 Å². The fourth-order valence-corrected chi connectivity index (χ4v) is 1.79. The Labute approximate surface area is 136 Å². The maximum absolute atomic E-state index is 10.0. The minimum Gasteiger partial charge on any atom is -0.508 e. The van der Waals surface area contributed by atoms with E-state index in [4.69, 9.17) is 27.4 Å². The van der Waals surface area contributed by atoms with Gasteiger partial charge in [-0.2, -0.15) is 0 Å². The van der Waals surface area contributed by atoms with Crippen LogP contribution in [0.1, 0.15) is 42.5 Å². The zero-order valence-electron chi connectivity index (χ0n) is 13.2. The van der Waals surface area contributed by atoms with E-state index in [1.165, 1.54) is 44.2 Å². The highest BCUT2D eigenvalue weighted by atomic mass is 16.4. The third-order valence-electron chi connectivity index (χ3n) is 3.25. The lowest BCUT2D eigenvalue weighted by Crippen LogP contribution is -2.37. The molecule has 1 aliphatic rings. The molecular weight excluding hydrogens is 298 g/mol. The van der Waals surface area contributed by atoms with Gasteiger partial charge in [-0.15, -0.1) is 0 Å². The number of aldehydes is 1. The average molecular weight is 325 g/mol. The van der Waals surface area contributed by atoms with Crippen LogP contribution in [-0.2, 0) is 4.79 Å². The van der Waals surface area contributed by atoms with Gasteiger partial charge >= 0.3 is 5.97 Å². The van der Waals surface area contributed by atoms with Crippen molar-refractivity contribution in [3.8, 4) is 5.75 Å². The largest absolute Gasteiger partial charge is 0.508 e. The van der Waals surface area contributed by atoms with Gasteiger partial charge in [0.05, 0.1) is 0 Å². The molecule has 0 amide bonds. The minimum absolute atomic E-state index is 0.00463. The maximum atomic E-state index is 10.0. The van der Waals surface area contributed by atoms with Crippen LogP contribution in [0.5, 0.6) is 5.75 Å². The normalized spacial score (nSPS) is 15.3. The highest BCUT2D eigenvalue weighted by Gasteiger charge is 2.06. The monoisotopic (exact) mass is 325 g/mol. The first kappa shape index (κ1) is 21.0. The molecule has 8 N–H and O–H groups in total. The molecule has 0 aromatic heterocycles. The van der Waals surface area contributed by atoms with Crippen LogP contribution in [0.4, 0.5) is 0 Å². The molecule has 0 aliphatic heterocycles. The highest BCUT2D eigenvalue weighted by molar-refractivity contribution is 5.74. The van der Waals surface area contributed by atoms with Gasteiger partial charge in [-0.25, -0.2) is 0 Å². The summed E-state index contributed by atoms with van der Waals surface area (Å²) in [5, 5.41) is 16.7. The third-order valence-corrected chi connectivity index (χ3v) is 3.25. The van der Waals surface area contributed by atoms with Gasteiger partial charge in [0.2, 0.25) is 0 Å². The molecule has 1 saturated carbocycles. The van der Waals surface area contributed by atoms with Crippen LogP contribution in [0.2, 0.25) is 0 Å². The second-order valence-electron chi connectivity index (χ2n) is 5.29. The first-order valence-corrected chi connectivity index (χ1v) is 7.59. The summed E-state index contributed by atoms with van der Waals surface area (Å²) in [4.78, 5) is 19.8. The topological polar surface area (TPSA) is 153 Å². The molecule has 1 aromatic carbocycles. The predicted molar refractivity (Wildman–Crippen MR) is 89.2 cm³/mol. The highest BCUT2D eigenvalue weighted by Crippen LogP contribution is 2.14. The number of carbonyl (C=O) groups excluding carboxylic acids is 1. The number of aliphatic carboxylic acids is 1. The van der Waals surface area contributed by atoms with Crippen LogP contribution in [0.3, 0.4) is 0 Å². The molecule has 0 heterocycles. The van der Waals surface area contributed by atoms with Gasteiger partial charge in [0, 0.05) is 18.2 Å². The Hall–Kier alpha value is -1.96. The quantitative estimate of drug-likeness (QED) is 0.516. The van der Waals surface area contributed by atoms with E-state index in [-0.39, 0.29) is 12.3 Å². The van der Waals surface area contributed by atoms with Crippen molar-refractivity contribution in [2.75, 3.05) is 6.54 Å². The number of carboxylic acid groups (broad SMARTS) is 1. The molecule has 1 aliphatic carbocycles. The van der Waals surface area contributed by atoms with Gasteiger partial charge in [-0.3, -0.25) is 9.59 Å². The Bertz CT molecular complexity index is 445. The number of carboxylic acids is 1.